The van der Waals surface area contributed by atoms with Gasteiger partial charge in [0.15, 0.2) is 0 Å². The molecule has 3 aromatic rings. The Bertz CT molecular complexity index is 1090. The van der Waals surface area contributed by atoms with E-state index in [2.05, 4.69) is 54.1 Å². The second-order valence-corrected chi connectivity index (χ2v) is 8.24. The molecule has 1 N–H and O–H groups in total. The Morgan fingerprint density at radius 3 is 2.55 bits per heavy atom. The van der Waals surface area contributed by atoms with Crippen LogP contribution >= 0.6 is 0 Å². The molecule has 1 aliphatic heterocycles. The second-order valence-electron chi connectivity index (χ2n) is 8.24. The highest BCUT2D eigenvalue weighted by molar-refractivity contribution is 5.39. The molecular formula is C24H27N3O2. The molecule has 150 valence electrons. The molecular weight excluding hydrogens is 362 g/mol. The van der Waals surface area contributed by atoms with Crippen LogP contribution in [-0.2, 0) is 25.9 Å². The average Bonchev–Trinajstić information content (AvgIpc) is 2.70. The van der Waals surface area contributed by atoms with Crippen LogP contribution in [0.4, 0.5) is 0 Å². The lowest BCUT2D eigenvalue weighted by Gasteiger charge is -2.31. The predicted octanol–water partition coefficient (Wildman–Crippen LogP) is 3.28. The van der Waals surface area contributed by atoms with Crippen molar-refractivity contribution in [3.05, 3.63) is 97.8 Å². The first kappa shape index (κ1) is 19.4. The Kier molecular flexibility index (Phi) is 5.49. The summed E-state index contributed by atoms with van der Waals surface area (Å²) < 4.78 is 1.81. The summed E-state index contributed by atoms with van der Waals surface area (Å²) in [4.78, 5) is 30.0. The first-order valence-electron chi connectivity index (χ1n) is 10.2. The summed E-state index contributed by atoms with van der Waals surface area (Å²) in [6.07, 6.45) is 3.30. The smallest absolute Gasteiger partial charge is 0.258 e. The number of aromatic nitrogens is 2. The molecule has 0 radical (unpaired) electrons. The van der Waals surface area contributed by atoms with Crippen molar-refractivity contribution in [2.24, 2.45) is 5.92 Å². The molecule has 29 heavy (non-hydrogen) atoms. The maximum Gasteiger partial charge on any atom is 0.258 e. The van der Waals surface area contributed by atoms with Crippen molar-refractivity contribution in [2.75, 3.05) is 6.54 Å². The number of hydrogen-bond donors (Lipinski definition) is 1. The maximum absolute atomic E-state index is 13.4. The number of nitrogens with zero attached hydrogens (tertiary/aromatic N) is 2. The van der Waals surface area contributed by atoms with Gasteiger partial charge in [0.05, 0.1) is 5.69 Å². The van der Waals surface area contributed by atoms with Crippen LogP contribution in [-0.4, -0.2) is 21.0 Å². The van der Waals surface area contributed by atoms with Gasteiger partial charge in [0.1, 0.15) is 0 Å². The van der Waals surface area contributed by atoms with E-state index in [0.717, 1.165) is 42.9 Å². The van der Waals surface area contributed by atoms with E-state index in [1.807, 2.05) is 6.07 Å². The number of benzene rings is 1. The standard InChI is InChI=1S/C24H27N3O2/c1-17(2)12-20-13-19-10-11-26(15-18-6-4-3-5-7-18)16-22(19)27(24(20)29)21-8-9-23(28)25-14-21/h3-9,13-14,17H,10-12,15-16H2,1-2H3,(H,25,28). The molecule has 0 spiro atoms. The minimum atomic E-state index is -0.167. The van der Waals surface area contributed by atoms with Crippen LogP contribution in [0.3, 0.4) is 0 Å². The molecule has 0 unspecified atom stereocenters. The zero-order chi connectivity index (χ0) is 20.4. The molecule has 1 aromatic carbocycles. The Balaban J connectivity index is 1.77. The van der Waals surface area contributed by atoms with E-state index in [-0.39, 0.29) is 11.1 Å². The summed E-state index contributed by atoms with van der Waals surface area (Å²) in [6, 6.07) is 15.7. The molecule has 5 heteroatoms. The first-order chi connectivity index (χ1) is 14.0. The minimum absolute atomic E-state index is 0.0195. The largest absolute Gasteiger partial charge is 0.327 e. The SMILES string of the molecule is CC(C)Cc1cc2c(n(-c3ccc(=O)[nH]c3)c1=O)CN(Cc1ccccc1)CC2. The number of rotatable bonds is 5. The first-order valence-corrected chi connectivity index (χ1v) is 10.2. The fraction of sp³-hybridized carbons (Fsp3) is 0.333. The van der Waals surface area contributed by atoms with E-state index in [4.69, 9.17) is 0 Å². The zero-order valence-corrected chi connectivity index (χ0v) is 17.0. The van der Waals surface area contributed by atoms with Crippen LogP contribution in [0.5, 0.6) is 0 Å². The van der Waals surface area contributed by atoms with Gasteiger partial charge in [0, 0.05) is 43.2 Å². The molecule has 0 fully saturated rings. The number of fused-ring (bicyclic) bond motifs is 1. The maximum atomic E-state index is 13.4. The third-order valence-corrected chi connectivity index (χ3v) is 5.44. The number of aromatic amines is 1. The summed E-state index contributed by atoms with van der Waals surface area (Å²) in [5.74, 6) is 0.406. The summed E-state index contributed by atoms with van der Waals surface area (Å²) in [5, 5.41) is 0. The molecule has 4 rings (SSSR count). The highest BCUT2D eigenvalue weighted by atomic mass is 16.1. The van der Waals surface area contributed by atoms with Gasteiger partial charge >= 0.3 is 0 Å². The zero-order valence-electron chi connectivity index (χ0n) is 17.0. The molecule has 0 atom stereocenters. The molecule has 0 saturated carbocycles. The van der Waals surface area contributed by atoms with Gasteiger partial charge < -0.3 is 4.98 Å². The molecule has 0 amide bonds. The lowest BCUT2D eigenvalue weighted by Crippen LogP contribution is -2.37. The van der Waals surface area contributed by atoms with Gasteiger partial charge in [0.2, 0.25) is 5.56 Å². The average molecular weight is 389 g/mol. The minimum Gasteiger partial charge on any atom is -0.327 e. The van der Waals surface area contributed by atoms with E-state index in [1.165, 1.54) is 17.2 Å². The van der Waals surface area contributed by atoms with E-state index in [9.17, 15) is 9.59 Å². The Morgan fingerprint density at radius 1 is 1.07 bits per heavy atom. The molecule has 2 aromatic heterocycles. The topological polar surface area (TPSA) is 58.1 Å². The normalized spacial score (nSPS) is 14.2. The van der Waals surface area contributed by atoms with Crippen molar-refractivity contribution >= 4 is 0 Å². The van der Waals surface area contributed by atoms with E-state index in [0.29, 0.717) is 12.5 Å². The third kappa shape index (κ3) is 4.25. The van der Waals surface area contributed by atoms with Crippen molar-refractivity contribution in [1.82, 2.24) is 14.5 Å². The molecule has 5 nitrogen and oxygen atoms in total. The highest BCUT2D eigenvalue weighted by Crippen LogP contribution is 2.23. The van der Waals surface area contributed by atoms with Gasteiger partial charge in [-0.2, -0.15) is 0 Å². The van der Waals surface area contributed by atoms with Gasteiger partial charge in [-0.1, -0.05) is 44.2 Å². The van der Waals surface area contributed by atoms with Crippen LogP contribution in [0.25, 0.3) is 5.69 Å². The summed E-state index contributed by atoms with van der Waals surface area (Å²) in [7, 11) is 0. The fourth-order valence-electron chi connectivity index (χ4n) is 4.10. The molecule has 0 aliphatic carbocycles. The highest BCUT2D eigenvalue weighted by Gasteiger charge is 2.23. The van der Waals surface area contributed by atoms with Crippen molar-refractivity contribution in [1.29, 1.82) is 0 Å². The van der Waals surface area contributed by atoms with Crippen LogP contribution in [0, 0.1) is 5.92 Å². The van der Waals surface area contributed by atoms with E-state index in [1.54, 1.807) is 16.8 Å². The fourth-order valence-corrected chi connectivity index (χ4v) is 4.10. The van der Waals surface area contributed by atoms with E-state index < -0.39 is 0 Å². The predicted molar refractivity (Wildman–Crippen MR) is 115 cm³/mol. The van der Waals surface area contributed by atoms with Crippen LogP contribution in [0.2, 0.25) is 0 Å². The van der Waals surface area contributed by atoms with Crippen LogP contribution in [0.15, 0.2) is 64.3 Å². The number of H-pyrrole nitrogens is 1. The van der Waals surface area contributed by atoms with Crippen LogP contribution < -0.4 is 11.1 Å². The van der Waals surface area contributed by atoms with Crippen molar-refractivity contribution in [3.63, 3.8) is 0 Å². The summed E-state index contributed by atoms with van der Waals surface area (Å²) in [5.41, 5.74) is 4.95. The molecule has 0 saturated heterocycles. The van der Waals surface area contributed by atoms with Gasteiger partial charge in [-0.05, 0) is 42.0 Å². The summed E-state index contributed by atoms with van der Waals surface area (Å²) in [6.45, 7) is 6.79. The second kappa shape index (κ2) is 8.21. The van der Waals surface area contributed by atoms with Crippen molar-refractivity contribution in [3.8, 4) is 5.69 Å². The molecule has 1 aliphatic rings. The Labute approximate surface area is 170 Å². The number of pyridine rings is 2. The number of nitrogens with one attached hydrogen (secondary N) is 1. The Hall–Kier alpha value is -2.92. The van der Waals surface area contributed by atoms with Gasteiger partial charge in [-0.25, -0.2) is 0 Å². The summed E-state index contributed by atoms with van der Waals surface area (Å²) >= 11 is 0. The molecule has 0 bridgehead atoms. The van der Waals surface area contributed by atoms with Crippen LogP contribution in [0.1, 0.15) is 36.2 Å². The lowest BCUT2D eigenvalue weighted by molar-refractivity contribution is 0.238. The quantitative estimate of drug-likeness (QED) is 0.729. The third-order valence-electron chi connectivity index (χ3n) is 5.44. The van der Waals surface area contributed by atoms with Gasteiger partial charge in [0.25, 0.3) is 5.56 Å². The Morgan fingerprint density at radius 2 is 1.86 bits per heavy atom. The van der Waals surface area contributed by atoms with Crippen molar-refractivity contribution in [2.45, 2.75) is 39.8 Å². The van der Waals surface area contributed by atoms with Gasteiger partial charge in [-0.3, -0.25) is 19.1 Å². The lowest BCUT2D eigenvalue weighted by atomic mass is 9.97. The molecule has 3 heterocycles. The number of hydrogen-bond acceptors (Lipinski definition) is 3. The van der Waals surface area contributed by atoms with Gasteiger partial charge in [-0.15, -0.1) is 0 Å². The monoisotopic (exact) mass is 389 g/mol. The van der Waals surface area contributed by atoms with E-state index >= 15 is 0 Å². The van der Waals surface area contributed by atoms with Crippen molar-refractivity contribution < 1.29 is 0 Å².